The lowest BCUT2D eigenvalue weighted by atomic mass is 10.9. The molecule has 0 aliphatic rings. The summed E-state index contributed by atoms with van der Waals surface area (Å²) in [5.74, 6) is 0. The first-order valence-corrected chi connectivity index (χ1v) is 6.76. The van der Waals surface area contributed by atoms with Crippen molar-refractivity contribution in [3.63, 3.8) is 0 Å². The molecule has 0 heterocycles. The van der Waals surface area contributed by atoms with Crippen LogP contribution in [0.15, 0.2) is 0 Å². The van der Waals surface area contributed by atoms with E-state index in [-0.39, 0.29) is 0 Å². The van der Waals surface area contributed by atoms with Gasteiger partial charge in [0.25, 0.3) is 0 Å². The highest BCUT2D eigenvalue weighted by Gasteiger charge is 2.37. The molecule has 88 valence electrons. The Hall–Kier alpha value is -0.0131. The zero-order valence-electron chi connectivity index (χ0n) is 9.38. The van der Waals surface area contributed by atoms with Crippen LogP contribution >= 0.6 is 0 Å². The third kappa shape index (κ3) is 6.44. The number of halogens is 1. The van der Waals surface area contributed by atoms with E-state index in [2.05, 4.69) is 0 Å². The minimum Gasteiger partial charge on any atom is -0.374 e. The highest BCUT2D eigenvalue weighted by Crippen LogP contribution is 2.14. The van der Waals surface area contributed by atoms with Crippen molar-refractivity contribution in [1.29, 1.82) is 0 Å². The Labute approximate surface area is 86.3 Å². The molecule has 0 rings (SSSR count). The van der Waals surface area contributed by atoms with E-state index in [1.807, 2.05) is 27.7 Å². The largest absolute Gasteiger partial charge is 0.500 e. The molecule has 0 saturated carbocycles. The molecule has 0 aliphatic carbocycles. The van der Waals surface area contributed by atoms with E-state index in [0.29, 0.717) is 19.8 Å². The predicted molar refractivity (Wildman–Crippen MR) is 54.4 cm³/mol. The van der Waals surface area contributed by atoms with Gasteiger partial charge in [-0.25, -0.2) is 5.31 Å². The zero-order valence-corrected chi connectivity index (χ0v) is 10.4. The maximum Gasteiger partial charge on any atom is 0.500 e. The van der Waals surface area contributed by atoms with Crippen LogP contribution in [0.2, 0.25) is 6.04 Å². The molecule has 0 aromatic carbocycles. The molecule has 0 aromatic heterocycles. The lowest BCUT2D eigenvalue weighted by molar-refractivity contribution is -0.0441. The minimum absolute atomic E-state index is 0.667. The van der Waals surface area contributed by atoms with Gasteiger partial charge in [-0.1, -0.05) is 11.4 Å². The van der Waals surface area contributed by atoms with Gasteiger partial charge in [-0.3, -0.25) is 0 Å². The second kappa shape index (κ2) is 11.1. The summed E-state index contributed by atoms with van der Waals surface area (Å²) in [5.41, 5.74) is 0. The van der Waals surface area contributed by atoms with Crippen LogP contribution < -0.4 is 0 Å². The molecule has 14 heavy (non-hydrogen) atoms. The average molecular weight is 228 g/mol. The zero-order chi connectivity index (χ0) is 11.4. The smallest absolute Gasteiger partial charge is 0.374 e. The molecule has 0 bridgehead atoms. The predicted octanol–water partition coefficient (Wildman–Crippen LogP) is 1.92. The Morgan fingerprint density at radius 1 is 0.857 bits per heavy atom. The molecular formula is C8H21FO4Si. The summed E-state index contributed by atoms with van der Waals surface area (Å²) in [6.07, 6.45) is 0. The van der Waals surface area contributed by atoms with Crippen molar-refractivity contribution in [2.24, 2.45) is 0 Å². The highest BCUT2D eigenvalue weighted by atomic mass is 28.4. The maximum atomic E-state index is 8.50. The summed E-state index contributed by atoms with van der Waals surface area (Å²) in [6.45, 7) is 9.95. The van der Waals surface area contributed by atoms with Gasteiger partial charge in [-0.2, -0.15) is 0 Å². The number of hydrogen-bond donors (Lipinski definition) is 1. The molecular weight excluding hydrogens is 207 g/mol. The Morgan fingerprint density at radius 2 is 1.14 bits per heavy atom. The first-order chi connectivity index (χ1) is 6.74. The van der Waals surface area contributed by atoms with Crippen molar-refractivity contribution in [3.05, 3.63) is 0 Å². The van der Waals surface area contributed by atoms with Crippen LogP contribution in [0, 0.1) is 0 Å². The fraction of sp³-hybridized carbons (Fsp3) is 1.00. The van der Waals surface area contributed by atoms with Gasteiger partial charge in [0.2, 0.25) is 0 Å². The monoisotopic (exact) mass is 228 g/mol. The van der Waals surface area contributed by atoms with E-state index >= 15 is 0 Å². The molecule has 0 fully saturated rings. The van der Waals surface area contributed by atoms with Gasteiger partial charge in [-0.05, 0) is 20.8 Å². The molecule has 0 spiro atoms. The van der Waals surface area contributed by atoms with Gasteiger partial charge in [0.05, 0.1) is 0 Å². The third-order valence-corrected chi connectivity index (χ3v) is 4.58. The summed E-state index contributed by atoms with van der Waals surface area (Å²) < 4.78 is 25.2. The van der Waals surface area contributed by atoms with Crippen LogP contribution in [-0.4, -0.2) is 33.9 Å². The quantitative estimate of drug-likeness (QED) is 0.676. The first kappa shape index (κ1) is 16.4. The number of rotatable bonds is 7. The topological polar surface area (TPSA) is 47.9 Å². The van der Waals surface area contributed by atoms with Crippen LogP contribution in [0.25, 0.3) is 0 Å². The summed E-state index contributed by atoms with van der Waals surface area (Å²) in [5, 5.41) is 5.50. The normalized spacial score (nSPS) is 10.7. The Bertz CT molecular complexity index is 98.5. The first-order valence-electron chi connectivity index (χ1n) is 4.83. The van der Waals surface area contributed by atoms with Crippen molar-refractivity contribution in [1.82, 2.24) is 0 Å². The molecule has 1 N–H and O–H groups in total. The van der Waals surface area contributed by atoms with Crippen molar-refractivity contribution < 1.29 is 23.1 Å². The molecule has 0 aliphatic heterocycles. The second-order valence-electron chi connectivity index (χ2n) is 2.34. The van der Waals surface area contributed by atoms with E-state index in [1.165, 1.54) is 0 Å². The van der Waals surface area contributed by atoms with Gasteiger partial charge in [0.1, 0.15) is 0 Å². The van der Waals surface area contributed by atoms with E-state index < -0.39 is 8.80 Å². The van der Waals surface area contributed by atoms with Crippen LogP contribution in [0.4, 0.5) is 4.53 Å². The van der Waals surface area contributed by atoms with Crippen molar-refractivity contribution in [3.8, 4) is 0 Å². The van der Waals surface area contributed by atoms with E-state index in [0.717, 1.165) is 6.04 Å². The SMILES string of the molecule is CCO[Si](CC)(OCC)OCC.OF. The number of hydrogen-bond acceptors (Lipinski definition) is 4. The molecule has 6 heteroatoms. The summed E-state index contributed by atoms with van der Waals surface area (Å²) >= 11 is 0. The summed E-state index contributed by atoms with van der Waals surface area (Å²) in [6, 6.07) is 0.850. The molecule has 0 unspecified atom stereocenters. The highest BCUT2D eigenvalue weighted by molar-refractivity contribution is 6.60. The van der Waals surface area contributed by atoms with Crippen LogP contribution in [0.1, 0.15) is 27.7 Å². The third-order valence-electron chi connectivity index (χ3n) is 1.53. The van der Waals surface area contributed by atoms with Crippen LogP contribution in [0.3, 0.4) is 0 Å². The van der Waals surface area contributed by atoms with Gasteiger partial charge < -0.3 is 13.3 Å². The Balaban J connectivity index is 0. The molecule has 0 amide bonds. The lowest BCUT2D eigenvalue weighted by Gasteiger charge is -2.26. The van der Waals surface area contributed by atoms with E-state index in [9.17, 15) is 0 Å². The molecule has 0 aromatic rings. The van der Waals surface area contributed by atoms with Gasteiger partial charge in [-0.15, -0.1) is 0 Å². The maximum absolute atomic E-state index is 8.50. The lowest BCUT2D eigenvalue weighted by Crippen LogP contribution is -2.45. The van der Waals surface area contributed by atoms with Crippen LogP contribution in [0.5, 0.6) is 0 Å². The standard InChI is InChI=1S/C8H20O3Si.FHO/c1-5-9-12(8-4,10-6-2)11-7-3;1-2/h5-8H2,1-4H3;2H. The minimum atomic E-state index is -2.27. The van der Waals surface area contributed by atoms with Crippen molar-refractivity contribution in [2.45, 2.75) is 33.7 Å². The van der Waals surface area contributed by atoms with Crippen LogP contribution in [-0.2, 0) is 13.3 Å². The molecule has 0 saturated heterocycles. The average Bonchev–Trinajstić information content (AvgIpc) is 2.22. The summed E-state index contributed by atoms with van der Waals surface area (Å²) in [4.78, 5) is 0. The fourth-order valence-electron chi connectivity index (χ4n) is 1.09. The molecule has 4 nitrogen and oxygen atoms in total. The van der Waals surface area contributed by atoms with Crippen molar-refractivity contribution >= 4 is 8.80 Å². The second-order valence-corrected chi connectivity index (χ2v) is 5.27. The van der Waals surface area contributed by atoms with Gasteiger partial charge in [0.15, 0.2) is 0 Å². The summed E-state index contributed by atoms with van der Waals surface area (Å²) in [7, 11) is -2.27. The molecule has 0 atom stereocenters. The van der Waals surface area contributed by atoms with Gasteiger partial charge in [0, 0.05) is 25.9 Å². The van der Waals surface area contributed by atoms with E-state index in [4.69, 9.17) is 23.1 Å². The van der Waals surface area contributed by atoms with Crippen molar-refractivity contribution in [2.75, 3.05) is 19.8 Å². The Morgan fingerprint density at radius 3 is 1.29 bits per heavy atom. The van der Waals surface area contributed by atoms with Gasteiger partial charge >= 0.3 is 8.80 Å². The molecule has 0 radical (unpaired) electrons. The fourth-order valence-corrected chi connectivity index (χ4v) is 3.27. The Kier molecular flexibility index (Phi) is 13.0. The van der Waals surface area contributed by atoms with E-state index in [1.54, 1.807) is 0 Å².